The number of hydrogen-bond acceptors (Lipinski definition) is 9. The number of aliphatic carboxylic acids is 1. The molecule has 2 aliphatic heterocycles. The number of likely N-dealkylation sites (tertiary alicyclic amines) is 1. The van der Waals surface area contributed by atoms with Gasteiger partial charge in [-0.15, -0.1) is 0 Å². The molecule has 1 aromatic carbocycles. The van der Waals surface area contributed by atoms with Crippen molar-refractivity contribution in [2.24, 2.45) is 0 Å². The fraction of sp³-hybridized carbons (Fsp3) is 0.560. The second kappa shape index (κ2) is 8.23. The zero-order chi connectivity index (χ0) is 25.1. The molecule has 0 unspecified atom stereocenters. The van der Waals surface area contributed by atoms with Gasteiger partial charge in [-0.3, -0.25) is 9.59 Å². The largest absolute Gasteiger partial charge is 0.504 e. The number of carbonyl (C=O) groups is 3. The second-order valence-electron chi connectivity index (χ2n) is 9.90. The number of aromatic hydroxyl groups is 1. The van der Waals surface area contributed by atoms with Crippen LogP contribution >= 0.6 is 0 Å². The maximum atomic E-state index is 12.8. The molecule has 4 aliphatic rings. The van der Waals surface area contributed by atoms with Crippen LogP contribution in [0.4, 0.5) is 0 Å². The van der Waals surface area contributed by atoms with Gasteiger partial charge in [0.05, 0.1) is 23.9 Å². The molecule has 1 saturated heterocycles. The first-order valence-corrected chi connectivity index (χ1v) is 11.9. The summed E-state index contributed by atoms with van der Waals surface area (Å²) in [6.07, 6.45) is 0.992. The number of benzene rings is 1. The monoisotopic (exact) mass is 487 g/mol. The van der Waals surface area contributed by atoms with E-state index in [0.29, 0.717) is 18.6 Å². The van der Waals surface area contributed by atoms with E-state index in [4.69, 9.17) is 19.3 Å². The zero-order valence-electron chi connectivity index (χ0n) is 19.7. The van der Waals surface area contributed by atoms with Crippen LogP contribution in [0.3, 0.4) is 0 Å². The number of nitrogens with zero attached hydrogens (tertiary/aromatic N) is 1. The quantitative estimate of drug-likeness (QED) is 0.504. The highest BCUT2D eigenvalue weighted by Crippen LogP contribution is 2.64. The van der Waals surface area contributed by atoms with Gasteiger partial charge < -0.3 is 34.4 Å². The predicted octanol–water partition coefficient (Wildman–Crippen LogP) is 1.40. The molecule has 1 spiro atoms. The lowest BCUT2D eigenvalue weighted by molar-refractivity contribution is -0.168. The van der Waals surface area contributed by atoms with Gasteiger partial charge in [-0.1, -0.05) is 6.07 Å². The number of rotatable bonds is 6. The number of likely N-dealkylation sites (N-methyl/N-ethyl adjacent to an activating group) is 1. The third-order valence-electron chi connectivity index (χ3n) is 7.98. The van der Waals surface area contributed by atoms with Gasteiger partial charge in [0.1, 0.15) is 5.76 Å². The van der Waals surface area contributed by atoms with Crippen molar-refractivity contribution in [1.29, 1.82) is 0 Å². The van der Waals surface area contributed by atoms with Crippen molar-refractivity contribution >= 4 is 17.9 Å². The highest BCUT2D eigenvalue weighted by molar-refractivity contribution is 5.81. The van der Waals surface area contributed by atoms with Gasteiger partial charge in [-0.25, -0.2) is 4.79 Å². The minimum absolute atomic E-state index is 0.0302. The average Bonchev–Trinajstić information content (AvgIpc) is 3.14. The number of aliphatic hydroxyl groups is 1. The van der Waals surface area contributed by atoms with E-state index in [-0.39, 0.29) is 30.4 Å². The molecule has 0 saturated carbocycles. The average molecular weight is 488 g/mol. The predicted molar refractivity (Wildman–Crippen MR) is 120 cm³/mol. The summed E-state index contributed by atoms with van der Waals surface area (Å²) in [6.45, 7) is 2.14. The van der Waals surface area contributed by atoms with E-state index in [2.05, 4.69) is 4.90 Å². The smallest absolute Gasteiger partial charge is 0.352 e. The molecule has 0 radical (unpaired) electrons. The van der Waals surface area contributed by atoms with Crippen molar-refractivity contribution in [3.8, 4) is 11.5 Å². The van der Waals surface area contributed by atoms with Crippen LogP contribution in [0.25, 0.3) is 0 Å². The SMILES string of the molecule is C[C@H](OC(=O)CCC(=O)O)C(=O)OC1=CC[C@@]2(O)[C@H]3Cc4ccc(O)c5c4[C@@]2(CCCN3C)[C@H]1O5. The highest BCUT2D eigenvalue weighted by atomic mass is 16.6. The molecule has 3 N–H and O–H groups in total. The van der Waals surface area contributed by atoms with Gasteiger partial charge in [0.25, 0.3) is 0 Å². The summed E-state index contributed by atoms with van der Waals surface area (Å²) < 4.78 is 17.0. The summed E-state index contributed by atoms with van der Waals surface area (Å²) in [7, 11) is 2.00. The van der Waals surface area contributed by atoms with Crippen molar-refractivity contribution in [3.05, 3.63) is 35.1 Å². The van der Waals surface area contributed by atoms with Crippen LogP contribution in [0.1, 0.15) is 50.2 Å². The van der Waals surface area contributed by atoms with Crippen LogP contribution in [-0.4, -0.2) is 75.6 Å². The number of carboxylic acids is 1. The molecule has 1 fully saturated rings. The Morgan fingerprint density at radius 1 is 1.29 bits per heavy atom. The molecular formula is C25H29NO9. The van der Waals surface area contributed by atoms with Crippen molar-refractivity contribution in [3.63, 3.8) is 0 Å². The molecule has 188 valence electrons. The molecule has 10 heteroatoms. The number of carbonyl (C=O) groups excluding carboxylic acids is 2. The maximum absolute atomic E-state index is 12.8. The minimum atomic E-state index is -1.26. The molecular weight excluding hydrogens is 458 g/mol. The molecule has 2 aliphatic carbocycles. The fourth-order valence-corrected chi connectivity index (χ4v) is 6.40. The molecule has 1 aromatic rings. The first kappa shape index (κ1) is 23.6. The van der Waals surface area contributed by atoms with Crippen LogP contribution in [0.15, 0.2) is 24.0 Å². The molecule has 2 bridgehead atoms. The van der Waals surface area contributed by atoms with E-state index < -0.39 is 47.6 Å². The van der Waals surface area contributed by atoms with Crippen molar-refractivity contribution < 1.29 is 43.9 Å². The second-order valence-corrected chi connectivity index (χ2v) is 9.90. The van der Waals surface area contributed by atoms with E-state index in [0.717, 1.165) is 24.1 Å². The number of phenolic OH excluding ortho intramolecular Hbond substituents is 1. The Morgan fingerprint density at radius 3 is 2.80 bits per heavy atom. The Labute approximate surface area is 202 Å². The molecule has 0 aromatic heterocycles. The Balaban J connectivity index is 1.46. The van der Waals surface area contributed by atoms with Gasteiger partial charge in [0.2, 0.25) is 0 Å². The Hall–Kier alpha value is -3.11. The summed E-state index contributed by atoms with van der Waals surface area (Å²) >= 11 is 0. The summed E-state index contributed by atoms with van der Waals surface area (Å²) in [4.78, 5) is 37.5. The third-order valence-corrected chi connectivity index (χ3v) is 7.98. The number of esters is 2. The van der Waals surface area contributed by atoms with Gasteiger partial charge >= 0.3 is 17.9 Å². The third kappa shape index (κ3) is 3.41. The molecule has 2 heterocycles. The van der Waals surface area contributed by atoms with Crippen LogP contribution in [-0.2, 0) is 35.7 Å². The summed E-state index contributed by atoms with van der Waals surface area (Å²) in [5, 5.41) is 31.6. The number of ether oxygens (including phenoxy) is 3. The van der Waals surface area contributed by atoms with Crippen molar-refractivity contribution in [1.82, 2.24) is 4.90 Å². The molecule has 10 nitrogen and oxygen atoms in total. The van der Waals surface area contributed by atoms with E-state index in [1.165, 1.54) is 6.92 Å². The highest BCUT2D eigenvalue weighted by Gasteiger charge is 2.71. The topological polar surface area (TPSA) is 143 Å². The summed E-state index contributed by atoms with van der Waals surface area (Å²) in [5.74, 6) is -2.30. The van der Waals surface area contributed by atoms with Gasteiger partial charge in [0.15, 0.2) is 23.7 Å². The number of phenols is 1. The Bertz CT molecular complexity index is 1130. The molecule has 0 amide bonds. The normalized spacial score (nSPS) is 31.3. The van der Waals surface area contributed by atoms with Gasteiger partial charge in [-0.2, -0.15) is 0 Å². The minimum Gasteiger partial charge on any atom is -0.504 e. The lowest BCUT2D eigenvalue weighted by atomic mass is 9.52. The van der Waals surface area contributed by atoms with Gasteiger partial charge in [-0.05, 0) is 57.5 Å². The summed E-state index contributed by atoms with van der Waals surface area (Å²) in [5.41, 5.74) is -0.321. The van der Waals surface area contributed by atoms with Gasteiger partial charge in [0, 0.05) is 18.0 Å². The molecule has 5 rings (SSSR count). The summed E-state index contributed by atoms with van der Waals surface area (Å²) in [6, 6.07) is 3.28. The van der Waals surface area contributed by atoms with E-state index in [9.17, 15) is 24.6 Å². The Morgan fingerprint density at radius 2 is 2.06 bits per heavy atom. The number of carboxylic acid groups (broad SMARTS) is 1. The number of hydrogen-bond donors (Lipinski definition) is 3. The molecule has 5 atom stereocenters. The van der Waals surface area contributed by atoms with E-state index in [1.54, 1.807) is 12.1 Å². The van der Waals surface area contributed by atoms with Crippen LogP contribution < -0.4 is 4.74 Å². The van der Waals surface area contributed by atoms with Crippen molar-refractivity contribution in [2.75, 3.05) is 13.6 Å². The lowest BCUT2D eigenvalue weighted by Crippen LogP contribution is -2.69. The lowest BCUT2D eigenvalue weighted by Gasteiger charge is -2.56. The first-order valence-electron chi connectivity index (χ1n) is 11.9. The zero-order valence-corrected chi connectivity index (χ0v) is 19.7. The van der Waals surface area contributed by atoms with E-state index in [1.807, 2.05) is 13.1 Å². The van der Waals surface area contributed by atoms with Crippen LogP contribution in [0.2, 0.25) is 0 Å². The van der Waals surface area contributed by atoms with Crippen molar-refractivity contribution in [2.45, 2.75) is 74.7 Å². The van der Waals surface area contributed by atoms with Crippen LogP contribution in [0, 0.1) is 0 Å². The fourth-order valence-electron chi connectivity index (χ4n) is 6.40. The standard InChI is InChI=1S/C25H29NO9/c1-13(33-19(30)7-6-18(28)29)23(31)34-16-8-10-25(32)17-12-14-4-5-15(27)21-20(14)24(25,22(16)35-21)9-3-11-26(17)2/h4-5,8,13,17,22,27,32H,3,6-7,9-12H2,1-2H3,(H,28,29)/t13-,17+,22-,24-,25+/m0/s1. The van der Waals surface area contributed by atoms with Crippen LogP contribution in [0.5, 0.6) is 11.5 Å². The maximum Gasteiger partial charge on any atom is 0.352 e. The first-order chi connectivity index (χ1) is 16.6. The Kier molecular flexibility index (Phi) is 5.56. The van der Waals surface area contributed by atoms with E-state index >= 15 is 0 Å². The molecule has 35 heavy (non-hydrogen) atoms.